The molecular formula is C14H15ClN4O2. The summed E-state index contributed by atoms with van der Waals surface area (Å²) in [6.07, 6.45) is 0. The van der Waals surface area contributed by atoms with Crippen LogP contribution in [-0.4, -0.2) is 15.7 Å². The first-order valence-electron chi connectivity index (χ1n) is 6.46. The second-order valence-electron chi connectivity index (χ2n) is 5.06. The second-order valence-corrected chi connectivity index (χ2v) is 5.47. The van der Waals surface area contributed by atoms with Crippen molar-refractivity contribution in [3.63, 3.8) is 0 Å². The molecule has 1 aromatic heterocycles. The smallest absolute Gasteiger partial charge is 0.245 e. The minimum absolute atomic E-state index is 0.244. The van der Waals surface area contributed by atoms with Crippen LogP contribution in [0.25, 0.3) is 0 Å². The monoisotopic (exact) mass is 306 g/mol. The molecule has 21 heavy (non-hydrogen) atoms. The minimum atomic E-state index is -0.687. The number of aryl methyl sites for hydroxylation is 2. The lowest BCUT2D eigenvalue weighted by molar-refractivity contribution is -0.116. The number of hydrogen-bond acceptors (Lipinski definition) is 4. The topological polar surface area (TPSA) is 82.2 Å². The Balaban J connectivity index is 2.01. The van der Waals surface area contributed by atoms with Crippen LogP contribution in [0.4, 0.5) is 5.69 Å². The first-order chi connectivity index (χ1) is 9.88. The normalized spacial score (nSPS) is 16.8. The number of amides is 1. The van der Waals surface area contributed by atoms with Gasteiger partial charge in [0.05, 0.1) is 10.7 Å². The van der Waals surface area contributed by atoms with Crippen molar-refractivity contribution in [1.29, 1.82) is 0 Å². The number of benzene rings is 1. The van der Waals surface area contributed by atoms with E-state index in [0.29, 0.717) is 27.8 Å². The van der Waals surface area contributed by atoms with Gasteiger partial charge in [-0.2, -0.15) is 5.10 Å². The van der Waals surface area contributed by atoms with Crippen LogP contribution >= 0.6 is 11.6 Å². The molecule has 3 N–H and O–H groups in total. The molecule has 0 bridgehead atoms. The van der Waals surface area contributed by atoms with Gasteiger partial charge in [-0.1, -0.05) is 11.6 Å². The molecule has 0 saturated heterocycles. The molecule has 1 amide bonds. The lowest BCUT2D eigenvalue weighted by Crippen LogP contribution is -2.19. The van der Waals surface area contributed by atoms with Crippen molar-refractivity contribution in [1.82, 2.24) is 9.78 Å². The fourth-order valence-electron chi connectivity index (χ4n) is 2.38. The number of hydrogen-bond donors (Lipinski definition) is 2. The number of nitrogens with zero attached hydrogens (tertiary/aromatic N) is 2. The zero-order valence-corrected chi connectivity index (χ0v) is 12.7. The van der Waals surface area contributed by atoms with Gasteiger partial charge >= 0.3 is 0 Å². The van der Waals surface area contributed by atoms with Crippen LogP contribution in [0.3, 0.4) is 0 Å². The summed E-state index contributed by atoms with van der Waals surface area (Å²) in [5.74, 6) is 0.879. The Morgan fingerprint density at radius 1 is 1.43 bits per heavy atom. The molecule has 0 radical (unpaired) electrons. The third-order valence-corrected chi connectivity index (χ3v) is 3.93. The number of rotatable bonds is 2. The van der Waals surface area contributed by atoms with E-state index in [1.54, 1.807) is 16.8 Å². The molecule has 1 aliphatic heterocycles. The molecule has 0 saturated carbocycles. The highest BCUT2D eigenvalue weighted by Gasteiger charge is 2.29. The predicted molar refractivity (Wildman–Crippen MR) is 79.8 cm³/mol. The van der Waals surface area contributed by atoms with Crippen molar-refractivity contribution in [2.75, 3.05) is 5.32 Å². The summed E-state index contributed by atoms with van der Waals surface area (Å²) in [5.41, 5.74) is 8.76. The Bertz CT molecular complexity index is 754. The Morgan fingerprint density at radius 3 is 2.76 bits per heavy atom. The highest BCUT2D eigenvalue weighted by molar-refractivity contribution is 6.32. The van der Waals surface area contributed by atoms with E-state index in [9.17, 15) is 4.79 Å². The molecule has 0 aliphatic carbocycles. The third-order valence-electron chi connectivity index (χ3n) is 3.63. The number of ether oxygens (including phenoxy) is 1. The lowest BCUT2D eigenvalue weighted by Gasteiger charge is -2.10. The van der Waals surface area contributed by atoms with Gasteiger partial charge in [0.2, 0.25) is 5.91 Å². The molecule has 0 fully saturated rings. The van der Waals surface area contributed by atoms with E-state index < -0.39 is 6.04 Å². The zero-order valence-electron chi connectivity index (χ0n) is 11.9. The maximum atomic E-state index is 11.6. The first kappa shape index (κ1) is 13.9. The molecule has 2 aromatic rings. The molecule has 6 nitrogen and oxygen atoms in total. The number of halogens is 1. The molecule has 1 aliphatic rings. The summed E-state index contributed by atoms with van der Waals surface area (Å²) in [6, 6.07) is 2.66. The predicted octanol–water partition coefficient (Wildman–Crippen LogP) is 2.43. The number of nitrogens with one attached hydrogen (secondary N) is 1. The third kappa shape index (κ3) is 2.16. The van der Waals surface area contributed by atoms with E-state index in [4.69, 9.17) is 22.1 Å². The van der Waals surface area contributed by atoms with Gasteiger partial charge in [0.1, 0.15) is 17.5 Å². The van der Waals surface area contributed by atoms with Crippen LogP contribution < -0.4 is 15.8 Å². The maximum Gasteiger partial charge on any atom is 0.245 e. The van der Waals surface area contributed by atoms with Gasteiger partial charge in [0.25, 0.3) is 0 Å². The number of carbonyl (C=O) groups is 1. The standard InChI is InChI=1S/C14H15ClN4O2/c1-6-13(7(2)19(3)18-6)21-11-5-10-8(4-9(11)15)12(16)14(20)17-10/h4-5,12H,16H2,1-3H3,(H,17,20). The van der Waals surface area contributed by atoms with Crippen molar-refractivity contribution in [2.24, 2.45) is 12.8 Å². The molecule has 1 atom stereocenters. The van der Waals surface area contributed by atoms with Gasteiger partial charge in [-0.3, -0.25) is 9.48 Å². The summed E-state index contributed by atoms with van der Waals surface area (Å²) in [7, 11) is 1.85. The molecular weight excluding hydrogens is 292 g/mol. The van der Waals surface area contributed by atoms with Gasteiger partial charge < -0.3 is 15.8 Å². The van der Waals surface area contributed by atoms with Crippen molar-refractivity contribution in [3.8, 4) is 11.5 Å². The van der Waals surface area contributed by atoms with Crippen LogP contribution in [0.2, 0.25) is 5.02 Å². The van der Waals surface area contributed by atoms with Crippen molar-refractivity contribution in [2.45, 2.75) is 19.9 Å². The Morgan fingerprint density at radius 2 is 2.14 bits per heavy atom. The molecule has 7 heteroatoms. The Kier molecular flexibility index (Phi) is 3.15. The number of anilines is 1. The van der Waals surface area contributed by atoms with E-state index in [-0.39, 0.29) is 5.91 Å². The van der Waals surface area contributed by atoms with Crippen molar-refractivity contribution < 1.29 is 9.53 Å². The Hall–Kier alpha value is -2.05. The highest BCUT2D eigenvalue weighted by atomic mass is 35.5. The largest absolute Gasteiger partial charge is 0.452 e. The fraction of sp³-hybridized carbons (Fsp3) is 0.286. The highest BCUT2D eigenvalue weighted by Crippen LogP contribution is 2.40. The van der Waals surface area contributed by atoms with Gasteiger partial charge in [-0.15, -0.1) is 0 Å². The fourth-order valence-corrected chi connectivity index (χ4v) is 2.59. The first-order valence-corrected chi connectivity index (χ1v) is 6.84. The summed E-state index contributed by atoms with van der Waals surface area (Å²) in [6.45, 7) is 3.77. The SMILES string of the molecule is Cc1nn(C)c(C)c1Oc1cc2c(cc1Cl)C(N)C(=O)N2. The van der Waals surface area contributed by atoms with E-state index in [2.05, 4.69) is 10.4 Å². The average molecular weight is 307 g/mol. The minimum Gasteiger partial charge on any atom is -0.452 e. The summed E-state index contributed by atoms with van der Waals surface area (Å²) >= 11 is 6.24. The van der Waals surface area contributed by atoms with Crippen LogP contribution in [-0.2, 0) is 11.8 Å². The molecule has 0 spiro atoms. The van der Waals surface area contributed by atoms with E-state index >= 15 is 0 Å². The number of aromatic nitrogens is 2. The van der Waals surface area contributed by atoms with E-state index in [1.165, 1.54) is 0 Å². The molecule has 2 heterocycles. The zero-order chi connectivity index (χ0) is 15.3. The van der Waals surface area contributed by atoms with Crippen molar-refractivity contribution >= 4 is 23.2 Å². The van der Waals surface area contributed by atoms with Crippen LogP contribution in [0.1, 0.15) is 23.0 Å². The quantitative estimate of drug-likeness (QED) is 0.892. The van der Waals surface area contributed by atoms with Crippen LogP contribution in [0.5, 0.6) is 11.5 Å². The number of fused-ring (bicyclic) bond motifs is 1. The van der Waals surface area contributed by atoms with Crippen molar-refractivity contribution in [3.05, 3.63) is 34.1 Å². The summed E-state index contributed by atoms with van der Waals surface area (Å²) in [4.78, 5) is 11.6. The number of carbonyl (C=O) groups excluding carboxylic acids is 1. The molecule has 1 unspecified atom stereocenters. The van der Waals surface area contributed by atoms with E-state index in [0.717, 1.165) is 11.4 Å². The molecule has 3 rings (SSSR count). The summed E-state index contributed by atoms with van der Waals surface area (Å²) < 4.78 is 7.62. The molecule has 110 valence electrons. The van der Waals surface area contributed by atoms with E-state index in [1.807, 2.05) is 20.9 Å². The van der Waals surface area contributed by atoms with Gasteiger partial charge in [-0.25, -0.2) is 0 Å². The van der Waals surface area contributed by atoms with Gasteiger partial charge in [0.15, 0.2) is 5.75 Å². The Labute approximate surface area is 126 Å². The van der Waals surface area contributed by atoms with Gasteiger partial charge in [-0.05, 0) is 19.9 Å². The number of nitrogens with two attached hydrogens (primary N) is 1. The average Bonchev–Trinajstić information content (AvgIpc) is 2.82. The van der Waals surface area contributed by atoms with Crippen LogP contribution in [0, 0.1) is 13.8 Å². The maximum absolute atomic E-state index is 11.6. The van der Waals surface area contributed by atoms with Crippen LogP contribution in [0.15, 0.2) is 12.1 Å². The molecule has 1 aromatic carbocycles. The second kappa shape index (κ2) is 4.75. The van der Waals surface area contributed by atoms with Gasteiger partial charge in [0, 0.05) is 24.4 Å². The summed E-state index contributed by atoms with van der Waals surface area (Å²) in [5, 5.41) is 7.41. The lowest BCUT2D eigenvalue weighted by atomic mass is 10.1.